The van der Waals surface area contributed by atoms with Gasteiger partial charge in [0.2, 0.25) is 5.76 Å². The molecule has 0 bridgehead atoms. The molecule has 0 amide bonds. The summed E-state index contributed by atoms with van der Waals surface area (Å²) in [7, 11) is 1.96. The molecular formula is C14H14BrNO3. The van der Waals surface area contributed by atoms with E-state index in [0.29, 0.717) is 12.3 Å². The van der Waals surface area contributed by atoms with Crippen molar-refractivity contribution in [3.05, 3.63) is 58.0 Å². The molecule has 0 aliphatic carbocycles. The first-order chi connectivity index (χ1) is 9.04. The smallest absolute Gasteiger partial charge is 0.371 e. The van der Waals surface area contributed by atoms with E-state index < -0.39 is 5.97 Å². The third-order valence-electron chi connectivity index (χ3n) is 2.64. The molecule has 4 nitrogen and oxygen atoms in total. The lowest BCUT2D eigenvalue weighted by atomic mass is 10.2. The van der Waals surface area contributed by atoms with E-state index in [0.717, 1.165) is 11.0 Å². The Bertz CT molecular complexity index is 580. The van der Waals surface area contributed by atoms with E-state index in [1.54, 1.807) is 6.07 Å². The summed E-state index contributed by atoms with van der Waals surface area (Å²) in [5.41, 5.74) is 1.18. The van der Waals surface area contributed by atoms with Crippen molar-refractivity contribution < 1.29 is 14.3 Å². The Morgan fingerprint density at radius 3 is 2.74 bits per heavy atom. The lowest BCUT2D eigenvalue weighted by Crippen LogP contribution is -2.16. The van der Waals surface area contributed by atoms with Gasteiger partial charge in [-0.1, -0.05) is 28.1 Å². The largest absolute Gasteiger partial charge is 0.475 e. The van der Waals surface area contributed by atoms with Crippen LogP contribution in [0.1, 0.15) is 21.9 Å². The number of carboxylic acids is 1. The standard InChI is InChI=1S/C14H14BrNO3/c1-16(8-10-3-2-4-11(15)7-10)9-12-5-6-13(19-12)14(17)18/h2-7H,8-9H2,1H3,(H,17,18). The predicted octanol–water partition coefficient (Wildman–Crippen LogP) is 3.37. The predicted molar refractivity (Wildman–Crippen MR) is 75.0 cm³/mol. The second-order valence-corrected chi connectivity index (χ2v) is 5.29. The topological polar surface area (TPSA) is 53.7 Å². The maximum absolute atomic E-state index is 10.7. The number of furan rings is 1. The lowest BCUT2D eigenvalue weighted by Gasteiger charge is -2.15. The number of hydrogen-bond acceptors (Lipinski definition) is 3. The van der Waals surface area contributed by atoms with Crippen molar-refractivity contribution >= 4 is 21.9 Å². The summed E-state index contributed by atoms with van der Waals surface area (Å²) < 4.78 is 6.27. The summed E-state index contributed by atoms with van der Waals surface area (Å²) in [6.07, 6.45) is 0. The normalized spacial score (nSPS) is 10.9. The second-order valence-electron chi connectivity index (χ2n) is 4.37. The Morgan fingerprint density at radius 1 is 1.32 bits per heavy atom. The van der Waals surface area contributed by atoms with E-state index in [9.17, 15) is 4.79 Å². The number of halogens is 1. The van der Waals surface area contributed by atoms with Gasteiger partial charge in [0, 0.05) is 11.0 Å². The number of benzene rings is 1. The molecular weight excluding hydrogens is 310 g/mol. The van der Waals surface area contributed by atoms with Crippen molar-refractivity contribution in [2.75, 3.05) is 7.05 Å². The molecule has 0 fully saturated rings. The number of hydrogen-bond donors (Lipinski definition) is 1. The fourth-order valence-electron chi connectivity index (χ4n) is 1.85. The fraction of sp³-hybridized carbons (Fsp3) is 0.214. The SMILES string of the molecule is CN(Cc1cccc(Br)c1)Cc1ccc(C(=O)O)o1. The molecule has 0 unspecified atom stereocenters. The number of carboxylic acid groups (broad SMARTS) is 1. The van der Waals surface area contributed by atoms with Crippen molar-refractivity contribution in [1.82, 2.24) is 4.90 Å². The van der Waals surface area contributed by atoms with Gasteiger partial charge in [-0.05, 0) is 36.9 Å². The van der Waals surface area contributed by atoms with E-state index in [1.165, 1.54) is 11.6 Å². The summed E-state index contributed by atoms with van der Waals surface area (Å²) in [6.45, 7) is 1.34. The van der Waals surface area contributed by atoms with Gasteiger partial charge < -0.3 is 9.52 Å². The quantitative estimate of drug-likeness (QED) is 0.916. The Morgan fingerprint density at radius 2 is 2.11 bits per heavy atom. The van der Waals surface area contributed by atoms with Crippen molar-refractivity contribution in [3.63, 3.8) is 0 Å². The molecule has 100 valence electrons. The van der Waals surface area contributed by atoms with Crippen LogP contribution in [0.2, 0.25) is 0 Å². The van der Waals surface area contributed by atoms with E-state index in [2.05, 4.69) is 26.9 Å². The van der Waals surface area contributed by atoms with Crippen LogP contribution in [0.5, 0.6) is 0 Å². The van der Waals surface area contributed by atoms with Crippen molar-refractivity contribution in [1.29, 1.82) is 0 Å². The minimum atomic E-state index is -1.04. The summed E-state index contributed by atoms with van der Waals surface area (Å²) in [6, 6.07) is 11.2. The number of aromatic carboxylic acids is 1. The van der Waals surface area contributed by atoms with Crippen molar-refractivity contribution in [2.45, 2.75) is 13.1 Å². The van der Waals surface area contributed by atoms with Crippen LogP contribution in [0.15, 0.2) is 45.3 Å². The molecule has 2 aromatic rings. The highest BCUT2D eigenvalue weighted by atomic mass is 79.9. The zero-order chi connectivity index (χ0) is 13.8. The highest BCUT2D eigenvalue weighted by Crippen LogP contribution is 2.15. The molecule has 0 radical (unpaired) electrons. The van der Waals surface area contributed by atoms with E-state index in [-0.39, 0.29) is 5.76 Å². The second kappa shape index (κ2) is 6.04. The third kappa shape index (κ3) is 3.94. The van der Waals surface area contributed by atoms with Crippen LogP contribution in [-0.2, 0) is 13.1 Å². The number of nitrogens with zero attached hydrogens (tertiary/aromatic N) is 1. The first kappa shape index (κ1) is 13.8. The highest BCUT2D eigenvalue weighted by molar-refractivity contribution is 9.10. The Labute approximate surface area is 119 Å². The van der Waals surface area contributed by atoms with Gasteiger partial charge in [0.15, 0.2) is 0 Å². The van der Waals surface area contributed by atoms with Crippen molar-refractivity contribution in [3.8, 4) is 0 Å². The molecule has 0 aliphatic heterocycles. The van der Waals surface area contributed by atoms with Gasteiger partial charge in [-0.25, -0.2) is 4.79 Å². The Hall–Kier alpha value is -1.59. The maximum Gasteiger partial charge on any atom is 0.371 e. The molecule has 0 saturated heterocycles. The minimum absolute atomic E-state index is 0.0224. The summed E-state index contributed by atoms with van der Waals surface area (Å²) in [5.74, 6) is -0.415. The zero-order valence-electron chi connectivity index (χ0n) is 10.5. The molecule has 0 aliphatic rings. The molecule has 19 heavy (non-hydrogen) atoms. The van der Waals surface area contributed by atoms with Gasteiger partial charge in [0.25, 0.3) is 0 Å². The Kier molecular flexibility index (Phi) is 4.39. The summed E-state index contributed by atoms with van der Waals surface area (Å²) >= 11 is 3.44. The average Bonchev–Trinajstić information content (AvgIpc) is 2.77. The summed E-state index contributed by atoms with van der Waals surface area (Å²) in [4.78, 5) is 12.8. The highest BCUT2D eigenvalue weighted by Gasteiger charge is 2.10. The van der Waals surface area contributed by atoms with Gasteiger partial charge in [0.1, 0.15) is 5.76 Å². The molecule has 0 spiro atoms. The van der Waals surface area contributed by atoms with Crippen LogP contribution < -0.4 is 0 Å². The average molecular weight is 324 g/mol. The molecule has 1 aromatic carbocycles. The van der Waals surface area contributed by atoms with Crippen LogP contribution in [0.25, 0.3) is 0 Å². The van der Waals surface area contributed by atoms with Crippen LogP contribution in [0.4, 0.5) is 0 Å². The molecule has 1 aromatic heterocycles. The van der Waals surface area contributed by atoms with E-state index >= 15 is 0 Å². The van der Waals surface area contributed by atoms with Crippen LogP contribution in [-0.4, -0.2) is 23.0 Å². The summed E-state index contributed by atoms with van der Waals surface area (Å²) in [5, 5.41) is 8.79. The van der Waals surface area contributed by atoms with Gasteiger partial charge in [0.05, 0.1) is 6.54 Å². The molecule has 2 rings (SSSR count). The van der Waals surface area contributed by atoms with E-state index in [1.807, 2.05) is 25.2 Å². The van der Waals surface area contributed by atoms with Crippen molar-refractivity contribution in [2.24, 2.45) is 0 Å². The van der Waals surface area contributed by atoms with Gasteiger partial charge in [-0.15, -0.1) is 0 Å². The van der Waals surface area contributed by atoms with Crippen LogP contribution in [0.3, 0.4) is 0 Å². The van der Waals surface area contributed by atoms with Crippen LogP contribution in [0, 0.1) is 0 Å². The first-order valence-corrected chi connectivity index (χ1v) is 6.59. The molecule has 0 atom stereocenters. The van der Waals surface area contributed by atoms with Gasteiger partial charge in [-0.3, -0.25) is 4.90 Å². The maximum atomic E-state index is 10.7. The molecule has 5 heteroatoms. The van der Waals surface area contributed by atoms with Crippen LogP contribution >= 0.6 is 15.9 Å². The molecule has 1 N–H and O–H groups in total. The molecule has 1 heterocycles. The van der Waals surface area contributed by atoms with Gasteiger partial charge >= 0.3 is 5.97 Å². The van der Waals surface area contributed by atoms with E-state index in [4.69, 9.17) is 9.52 Å². The number of carbonyl (C=O) groups is 1. The zero-order valence-corrected chi connectivity index (χ0v) is 12.1. The van der Waals surface area contributed by atoms with Gasteiger partial charge in [-0.2, -0.15) is 0 Å². The monoisotopic (exact) mass is 323 g/mol. The first-order valence-electron chi connectivity index (χ1n) is 5.79. The fourth-order valence-corrected chi connectivity index (χ4v) is 2.29. The number of rotatable bonds is 5. The minimum Gasteiger partial charge on any atom is -0.475 e. The lowest BCUT2D eigenvalue weighted by molar-refractivity contribution is 0.0658. The molecule has 0 saturated carbocycles. The third-order valence-corrected chi connectivity index (χ3v) is 3.13. The Balaban J connectivity index is 1.97.